The van der Waals surface area contributed by atoms with Gasteiger partial charge in [-0.3, -0.25) is 10.1 Å². The second-order valence-corrected chi connectivity index (χ2v) is 4.73. The Morgan fingerprint density at radius 3 is 2.94 bits per heavy atom. The molecule has 0 saturated heterocycles. The molecule has 0 spiro atoms. The van der Waals surface area contributed by atoms with Crippen molar-refractivity contribution in [3.8, 4) is 0 Å². The maximum Gasteiger partial charge on any atom is 0.239 e. The van der Waals surface area contributed by atoms with Crippen LogP contribution in [-0.2, 0) is 9.53 Å². The minimum Gasteiger partial charge on any atom is -0.383 e. The highest BCUT2D eigenvalue weighted by atomic mass is 16.5. The van der Waals surface area contributed by atoms with Gasteiger partial charge in [-0.25, -0.2) is 0 Å². The van der Waals surface area contributed by atoms with E-state index in [-0.39, 0.29) is 5.91 Å². The van der Waals surface area contributed by atoms with E-state index >= 15 is 0 Å². The molecule has 1 fully saturated rings. The molecule has 1 aromatic carbocycles. The quantitative estimate of drug-likeness (QED) is 0.715. The van der Waals surface area contributed by atoms with Crippen molar-refractivity contribution in [2.75, 3.05) is 20.3 Å². The molecule has 1 saturated carbocycles. The van der Waals surface area contributed by atoms with E-state index in [1.165, 1.54) is 18.4 Å². The summed E-state index contributed by atoms with van der Waals surface area (Å²) in [4.78, 5) is 11.5. The number of carbonyl (C=O) groups excluding carboxylic acids is 1. The molecule has 1 unspecified atom stereocenters. The predicted octanol–water partition coefficient (Wildman–Crippen LogP) is 1.33. The maximum atomic E-state index is 11.5. The third-order valence-electron chi connectivity index (χ3n) is 3.23. The number of rotatable bonds is 7. The number of ether oxygens (including phenoxy) is 1. The average Bonchev–Trinajstić information content (AvgIpc) is 3.18. The first-order valence-corrected chi connectivity index (χ1v) is 6.34. The third-order valence-corrected chi connectivity index (χ3v) is 3.23. The number of hydrogen-bond donors (Lipinski definition) is 2. The lowest BCUT2D eigenvalue weighted by Gasteiger charge is -2.16. The van der Waals surface area contributed by atoms with Gasteiger partial charge in [-0.1, -0.05) is 24.3 Å². The normalized spacial score (nSPS) is 16.5. The monoisotopic (exact) mass is 248 g/mol. The van der Waals surface area contributed by atoms with Crippen LogP contribution in [0, 0.1) is 0 Å². The SMILES string of the molecule is COCCNC(C(N)=O)c1cccc(C2CC2)c1. The highest BCUT2D eigenvalue weighted by molar-refractivity contribution is 5.81. The van der Waals surface area contributed by atoms with Crippen molar-refractivity contribution in [2.24, 2.45) is 5.73 Å². The molecule has 0 aliphatic heterocycles. The van der Waals surface area contributed by atoms with Gasteiger partial charge in [0.05, 0.1) is 6.61 Å². The lowest BCUT2D eigenvalue weighted by molar-refractivity contribution is -0.120. The molecule has 0 aromatic heterocycles. The van der Waals surface area contributed by atoms with Crippen LogP contribution >= 0.6 is 0 Å². The first kappa shape index (κ1) is 13.1. The molecule has 1 atom stereocenters. The Labute approximate surface area is 108 Å². The summed E-state index contributed by atoms with van der Waals surface area (Å²) in [6.07, 6.45) is 2.50. The van der Waals surface area contributed by atoms with Crippen molar-refractivity contribution < 1.29 is 9.53 Å². The Hall–Kier alpha value is -1.39. The summed E-state index contributed by atoms with van der Waals surface area (Å²) in [5, 5.41) is 3.12. The molecule has 1 aliphatic rings. The molecule has 0 radical (unpaired) electrons. The van der Waals surface area contributed by atoms with Gasteiger partial charge in [0.15, 0.2) is 0 Å². The lowest BCUT2D eigenvalue weighted by atomic mass is 10.0. The van der Waals surface area contributed by atoms with Crippen molar-refractivity contribution in [3.05, 3.63) is 35.4 Å². The van der Waals surface area contributed by atoms with E-state index in [1.54, 1.807) is 7.11 Å². The van der Waals surface area contributed by atoms with Gasteiger partial charge < -0.3 is 10.5 Å². The molecule has 3 N–H and O–H groups in total. The second kappa shape index (κ2) is 5.98. The topological polar surface area (TPSA) is 64.3 Å². The molecule has 4 heteroatoms. The van der Waals surface area contributed by atoms with Gasteiger partial charge in [-0.2, -0.15) is 0 Å². The molecule has 18 heavy (non-hydrogen) atoms. The van der Waals surface area contributed by atoms with E-state index in [0.717, 1.165) is 5.56 Å². The highest BCUT2D eigenvalue weighted by Gasteiger charge is 2.25. The number of nitrogens with one attached hydrogen (secondary N) is 1. The van der Waals surface area contributed by atoms with Crippen LogP contribution in [0.25, 0.3) is 0 Å². The summed E-state index contributed by atoms with van der Waals surface area (Å²) in [6, 6.07) is 7.72. The number of hydrogen-bond acceptors (Lipinski definition) is 3. The van der Waals surface area contributed by atoms with E-state index in [2.05, 4.69) is 17.4 Å². The number of primary amides is 1. The fraction of sp³-hybridized carbons (Fsp3) is 0.500. The van der Waals surface area contributed by atoms with Crippen LogP contribution in [0.3, 0.4) is 0 Å². The molecule has 1 amide bonds. The predicted molar refractivity (Wildman–Crippen MR) is 70.2 cm³/mol. The molecule has 98 valence electrons. The van der Waals surface area contributed by atoms with Crippen molar-refractivity contribution in [2.45, 2.75) is 24.8 Å². The Morgan fingerprint density at radius 2 is 2.33 bits per heavy atom. The maximum absolute atomic E-state index is 11.5. The second-order valence-electron chi connectivity index (χ2n) is 4.73. The Kier molecular flexibility index (Phi) is 4.33. The van der Waals surface area contributed by atoms with Crippen molar-refractivity contribution >= 4 is 5.91 Å². The molecular weight excluding hydrogens is 228 g/mol. The number of nitrogens with two attached hydrogens (primary N) is 1. The fourth-order valence-corrected chi connectivity index (χ4v) is 2.10. The van der Waals surface area contributed by atoms with Gasteiger partial charge in [-0.15, -0.1) is 0 Å². The molecule has 1 aliphatic carbocycles. The summed E-state index contributed by atoms with van der Waals surface area (Å²) >= 11 is 0. The molecular formula is C14H20N2O2. The Morgan fingerprint density at radius 1 is 1.56 bits per heavy atom. The minimum atomic E-state index is -0.432. The number of benzene rings is 1. The summed E-state index contributed by atoms with van der Waals surface area (Å²) in [7, 11) is 1.63. The van der Waals surface area contributed by atoms with Crippen LogP contribution in [0.2, 0.25) is 0 Å². The number of carbonyl (C=O) groups is 1. The zero-order chi connectivity index (χ0) is 13.0. The highest BCUT2D eigenvalue weighted by Crippen LogP contribution is 2.40. The first-order chi connectivity index (χ1) is 8.72. The largest absolute Gasteiger partial charge is 0.383 e. The van der Waals surface area contributed by atoms with Gasteiger partial charge in [0.2, 0.25) is 5.91 Å². The van der Waals surface area contributed by atoms with Crippen LogP contribution in [0.4, 0.5) is 0 Å². The smallest absolute Gasteiger partial charge is 0.239 e. The summed E-state index contributed by atoms with van der Waals surface area (Å²) in [5.74, 6) is 0.330. The van der Waals surface area contributed by atoms with Gasteiger partial charge >= 0.3 is 0 Å². The van der Waals surface area contributed by atoms with Crippen molar-refractivity contribution in [3.63, 3.8) is 0 Å². The van der Waals surface area contributed by atoms with Crippen LogP contribution < -0.4 is 11.1 Å². The molecule has 1 aromatic rings. The first-order valence-electron chi connectivity index (χ1n) is 6.34. The lowest BCUT2D eigenvalue weighted by Crippen LogP contribution is -2.35. The molecule has 0 heterocycles. The van der Waals surface area contributed by atoms with Crippen molar-refractivity contribution in [1.29, 1.82) is 0 Å². The van der Waals surface area contributed by atoms with E-state index < -0.39 is 6.04 Å². The Balaban J connectivity index is 2.08. The van der Waals surface area contributed by atoms with Crippen molar-refractivity contribution in [1.82, 2.24) is 5.32 Å². The molecule has 0 bridgehead atoms. The van der Waals surface area contributed by atoms with Crippen LogP contribution in [0.15, 0.2) is 24.3 Å². The van der Waals surface area contributed by atoms with Crippen LogP contribution in [-0.4, -0.2) is 26.2 Å². The number of methoxy groups -OCH3 is 1. The minimum absolute atomic E-state index is 0.348. The summed E-state index contributed by atoms with van der Waals surface area (Å²) in [5.41, 5.74) is 7.71. The van der Waals surface area contributed by atoms with E-state index in [0.29, 0.717) is 19.1 Å². The van der Waals surface area contributed by atoms with Crippen LogP contribution in [0.5, 0.6) is 0 Å². The number of amides is 1. The Bertz CT molecular complexity index is 416. The molecule has 2 rings (SSSR count). The summed E-state index contributed by atoms with van der Waals surface area (Å²) in [6.45, 7) is 1.17. The fourth-order valence-electron chi connectivity index (χ4n) is 2.10. The molecule has 4 nitrogen and oxygen atoms in total. The van der Waals surface area contributed by atoms with E-state index in [4.69, 9.17) is 10.5 Å². The summed E-state index contributed by atoms with van der Waals surface area (Å²) < 4.78 is 4.97. The van der Waals surface area contributed by atoms with Crippen LogP contribution in [0.1, 0.15) is 35.9 Å². The third kappa shape index (κ3) is 3.31. The average molecular weight is 248 g/mol. The van der Waals surface area contributed by atoms with Gasteiger partial charge in [0.25, 0.3) is 0 Å². The van der Waals surface area contributed by atoms with Gasteiger partial charge in [0, 0.05) is 13.7 Å². The van der Waals surface area contributed by atoms with E-state index in [1.807, 2.05) is 12.1 Å². The van der Waals surface area contributed by atoms with Gasteiger partial charge in [0.1, 0.15) is 6.04 Å². The standard InChI is InChI=1S/C14H20N2O2/c1-18-8-7-16-13(14(15)17)12-4-2-3-11(9-12)10-5-6-10/h2-4,9-10,13,16H,5-8H2,1H3,(H2,15,17). The zero-order valence-electron chi connectivity index (χ0n) is 10.7. The zero-order valence-corrected chi connectivity index (χ0v) is 10.7. The van der Waals surface area contributed by atoms with Gasteiger partial charge in [-0.05, 0) is 29.9 Å². The van der Waals surface area contributed by atoms with E-state index in [9.17, 15) is 4.79 Å².